The van der Waals surface area contributed by atoms with Crippen molar-refractivity contribution in [2.75, 3.05) is 11.1 Å². The lowest BCUT2D eigenvalue weighted by atomic mass is 10.3. The van der Waals surface area contributed by atoms with E-state index in [1.807, 2.05) is 0 Å². The molecule has 3 aromatic rings. The fourth-order valence-electron chi connectivity index (χ4n) is 2.71. The van der Waals surface area contributed by atoms with Gasteiger partial charge in [0.2, 0.25) is 11.8 Å². The maximum atomic E-state index is 12.8. The van der Waals surface area contributed by atoms with E-state index >= 15 is 0 Å². The number of anilines is 1. The van der Waals surface area contributed by atoms with Crippen molar-refractivity contribution in [2.45, 2.75) is 0 Å². The molecular formula is C21H18Cl2N4O4S. The summed E-state index contributed by atoms with van der Waals surface area (Å²) < 4.78 is 1.79. The number of halogens is 2. The third-order valence-corrected chi connectivity index (χ3v) is 5.82. The number of rotatable bonds is 5. The molecule has 0 spiro atoms. The molecule has 11 heteroatoms. The van der Waals surface area contributed by atoms with Gasteiger partial charge in [0.15, 0.2) is 0 Å². The number of carbonyl (C=O) groups is 1. The van der Waals surface area contributed by atoms with Crippen LogP contribution in [0.5, 0.6) is 5.88 Å². The van der Waals surface area contributed by atoms with E-state index in [1.54, 1.807) is 48.5 Å². The van der Waals surface area contributed by atoms with E-state index in [0.717, 1.165) is 20.9 Å². The van der Waals surface area contributed by atoms with Crippen LogP contribution in [-0.4, -0.2) is 30.9 Å². The lowest BCUT2D eigenvalue weighted by molar-refractivity contribution is -0.113. The minimum atomic E-state index is -0.735. The van der Waals surface area contributed by atoms with Crippen LogP contribution in [0.3, 0.4) is 0 Å². The molecular weight excluding hydrogens is 475 g/mol. The largest absolute Gasteiger partial charge is 0.494 e. The van der Waals surface area contributed by atoms with Gasteiger partial charge < -0.3 is 10.4 Å². The molecule has 3 rings (SSSR count). The molecule has 1 heterocycles. The topological polar surface area (TPSA) is 106 Å². The molecule has 0 atom stereocenters. The molecule has 8 nitrogen and oxygen atoms in total. The second-order valence-electron chi connectivity index (χ2n) is 6.64. The first kappa shape index (κ1) is 23.6. The Bertz CT molecular complexity index is 1320. The summed E-state index contributed by atoms with van der Waals surface area (Å²) in [5.74, 6) is -1.04. The van der Waals surface area contributed by atoms with Gasteiger partial charge in [0.05, 0.1) is 11.4 Å². The number of benzene rings is 2. The average molecular weight is 493 g/mol. The van der Waals surface area contributed by atoms with Gasteiger partial charge >= 0.3 is 5.69 Å². The Morgan fingerprint density at radius 2 is 1.75 bits per heavy atom. The molecule has 1 aromatic heterocycles. The molecule has 2 aromatic carbocycles. The first-order valence-corrected chi connectivity index (χ1v) is 10.9. The number of hydrogen-bond acceptors (Lipinski definition) is 6. The predicted octanol–water partition coefficient (Wildman–Crippen LogP) is 3.55. The van der Waals surface area contributed by atoms with Crippen LogP contribution in [0, 0.1) is 0 Å². The summed E-state index contributed by atoms with van der Waals surface area (Å²) in [4.78, 5) is 41.8. The lowest BCUT2D eigenvalue weighted by Crippen LogP contribution is -2.39. The smallest absolute Gasteiger partial charge is 0.333 e. The quantitative estimate of drug-likeness (QED) is 0.418. The number of aromatic nitrogens is 2. The van der Waals surface area contributed by atoms with Gasteiger partial charge in [0.25, 0.3) is 5.56 Å². The molecule has 0 saturated heterocycles. The SMILES string of the molecule is Cn1c(O)c(C(=Nc2ccc(Cl)cc2)SCC(=O)Nc2cccc(Cl)c2)c(=O)n(C)c1=O. The first-order chi connectivity index (χ1) is 15.2. The zero-order chi connectivity index (χ0) is 23.4. The van der Waals surface area contributed by atoms with Crippen LogP contribution in [-0.2, 0) is 18.9 Å². The van der Waals surface area contributed by atoms with Crippen LogP contribution >= 0.6 is 35.0 Å². The highest BCUT2D eigenvalue weighted by Gasteiger charge is 2.22. The molecule has 2 N–H and O–H groups in total. The van der Waals surface area contributed by atoms with Crippen molar-refractivity contribution in [3.05, 3.63) is 85.0 Å². The molecule has 0 unspecified atom stereocenters. The minimum Gasteiger partial charge on any atom is -0.494 e. The normalized spacial score (nSPS) is 11.4. The van der Waals surface area contributed by atoms with Crippen LogP contribution in [0.1, 0.15) is 5.56 Å². The molecule has 166 valence electrons. The van der Waals surface area contributed by atoms with Crippen LogP contribution in [0.25, 0.3) is 0 Å². The van der Waals surface area contributed by atoms with Gasteiger partial charge in [-0.25, -0.2) is 9.79 Å². The zero-order valence-electron chi connectivity index (χ0n) is 17.0. The third kappa shape index (κ3) is 5.42. The standard InChI is InChI=1S/C21H18Cl2N4O4S/c1-26-19(29)17(20(30)27(2)21(26)31)18(25-14-8-6-12(22)7-9-14)32-11-16(28)24-15-5-3-4-13(23)10-15/h3-10,29H,11H2,1-2H3,(H,24,28). The molecule has 32 heavy (non-hydrogen) atoms. The summed E-state index contributed by atoms with van der Waals surface area (Å²) in [6.07, 6.45) is 0. The molecule has 0 fully saturated rings. The summed E-state index contributed by atoms with van der Waals surface area (Å²) in [6.45, 7) is 0. The molecule has 1 amide bonds. The monoisotopic (exact) mass is 492 g/mol. The Morgan fingerprint density at radius 1 is 1.06 bits per heavy atom. The van der Waals surface area contributed by atoms with E-state index in [9.17, 15) is 19.5 Å². The fourth-order valence-corrected chi connectivity index (χ4v) is 3.86. The van der Waals surface area contributed by atoms with Crippen LogP contribution in [0.15, 0.2) is 63.1 Å². The second kappa shape index (κ2) is 10.1. The highest BCUT2D eigenvalue weighted by Crippen LogP contribution is 2.24. The summed E-state index contributed by atoms with van der Waals surface area (Å²) >= 11 is 12.8. The third-order valence-electron chi connectivity index (χ3n) is 4.35. The van der Waals surface area contributed by atoms with Crippen molar-refractivity contribution in [3.8, 4) is 5.88 Å². The lowest BCUT2D eigenvalue weighted by Gasteiger charge is -2.12. The summed E-state index contributed by atoms with van der Waals surface area (Å²) in [6, 6.07) is 13.1. The van der Waals surface area contributed by atoms with Gasteiger partial charge in [-0.3, -0.25) is 18.7 Å². The first-order valence-electron chi connectivity index (χ1n) is 9.19. The highest BCUT2D eigenvalue weighted by atomic mass is 35.5. The zero-order valence-corrected chi connectivity index (χ0v) is 19.3. The van der Waals surface area contributed by atoms with Crippen molar-refractivity contribution in [1.29, 1.82) is 0 Å². The van der Waals surface area contributed by atoms with Crippen molar-refractivity contribution >= 4 is 57.3 Å². The molecule has 0 aliphatic carbocycles. The summed E-state index contributed by atoms with van der Waals surface area (Å²) in [5.41, 5.74) is -0.653. The summed E-state index contributed by atoms with van der Waals surface area (Å²) in [5, 5.41) is 14.3. The average Bonchev–Trinajstić information content (AvgIpc) is 2.76. The van der Waals surface area contributed by atoms with E-state index in [1.165, 1.54) is 14.1 Å². The molecule has 0 aliphatic rings. The minimum absolute atomic E-state index is 0.0715. The number of amides is 1. The van der Waals surface area contributed by atoms with Gasteiger partial charge in [-0.2, -0.15) is 0 Å². The summed E-state index contributed by atoms with van der Waals surface area (Å²) in [7, 11) is 2.63. The predicted molar refractivity (Wildman–Crippen MR) is 129 cm³/mol. The number of thioether (sulfide) groups is 1. The number of hydrogen-bond donors (Lipinski definition) is 2. The van der Waals surface area contributed by atoms with Crippen LogP contribution < -0.4 is 16.6 Å². The van der Waals surface area contributed by atoms with Crippen LogP contribution in [0.2, 0.25) is 10.0 Å². The Labute approximate surface area is 197 Å². The van der Waals surface area contributed by atoms with Crippen molar-refractivity contribution in [3.63, 3.8) is 0 Å². The van der Waals surface area contributed by atoms with E-state index < -0.39 is 17.1 Å². The van der Waals surface area contributed by atoms with Crippen molar-refractivity contribution in [1.82, 2.24) is 9.13 Å². The highest BCUT2D eigenvalue weighted by molar-refractivity contribution is 8.15. The van der Waals surface area contributed by atoms with E-state index in [2.05, 4.69) is 10.3 Å². The van der Waals surface area contributed by atoms with E-state index in [0.29, 0.717) is 21.4 Å². The van der Waals surface area contributed by atoms with Gasteiger partial charge in [-0.05, 0) is 42.5 Å². The number of aliphatic imine (C=N–C) groups is 1. The number of aromatic hydroxyl groups is 1. The number of carbonyl (C=O) groups excluding carboxylic acids is 1. The van der Waals surface area contributed by atoms with Crippen molar-refractivity contribution < 1.29 is 9.90 Å². The molecule has 0 radical (unpaired) electrons. The van der Waals surface area contributed by atoms with E-state index in [4.69, 9.17) is 23.2 Å². The fraction of sp³-hybridized carbons (Fsp3) is 0.143. The maximum absolute atomic E-state index is 12.8. The Kier molecular flexibility index (Phi) is 7.44. The Balaban J connectivity index is 1.97. The Hall–Kier alpha value is -3.01. The van der Waals surface area contributed by atoms with Gasteiger partial charge in [-0.1, -0.05) is 41.0 Å². The second-order valence-corrected chi connectivity index (χ2v) is 8.48. The number of nitrogens with zero attached hydrogens (tertiary/aromatic N) is 3. The van der Waals surface area contributed by atoms with Gasteiger partial charge in [0, 0.05) is 29.8 Å². The van der Waals surface area contributed by atoms with Crippen molar-refractivity contribution in [2.24, 2.45) is 19.1 Å². The molecule has 0 bridgehead atoms. The van der Waals surface area contributed by atoms with Crippen LogP contribution in [0.4, 0.5) is 11.4 Å². The number of nitrogens with one attached hydrogen (secondary N) is 1. The van der Waals surface area contributed by atoms with E-state index in [-0.39, 0.29) is 22.3 Å². The molecule has 0 aliphatic heterocycles. The maximum Gasteiger partial charge on any atom is 0.333 e. The van der Waals surface area contributed by atoms with Gasteiger partial charge in [0.1, 0.15) is 10.6 Å². The Morgan fingerprint density at radius 3 is 2.41 bits per heavy atom. The van der Waals surface area contributed by atoms with Gasteiger partial charge in [-0.15, -0.1) is 0 Å². The molecule has 0 saturated carbocycles.